The first-order valence-corrected chi connectivity index (χ1v) is 12.7. The second kappa shape index (κ2) is 12.7. The van der Waals surface area contributed by atoms with E-state index in [1.54, 1.807) is 40.1 Å². The van der Waals surface area contributed by atoms with Crippen molar-refractivity contribution in [1.29, 1.82) is 0 Å². The number of amides is 3. The highest BCUT2D eigenvalue weighted by Gasteiger charge is 2.26. The number of carbonyl (C=O) groups is 4. The number of carboxylic acid groups (broad SMARTS) is 1. The van der Waals surface area contributed by atoms with Crippen LogP contribution in [0.15, 0.2) is 72.8 Å². The number of hydrogen-bond donors (Lipinski definition) is 2. The Morgan fingerprint density at radius 2 is 1.39 bits per heavy atom. The van der Waals surface area contributed by atoms with E-state index in [0.29, 0.717) is 31.7 Å². The minimum atomic E-state index is -1.19. The zero-order chi connectivity index (χ0) is 26.9. The maximum atomic E-state index is 12.7. The van der Waals surface area contributed by atoms with Gasteiger partial charge in [-0.05, 0) is 30.0 Å². The van der Waals surface area contributed by atoms with Crippen molar-refractivity contribution < 1.29 is 29.0 Å². The fourth-order valence-electron chi connectivity index (χ4n) is 4.45. The molecule has 0 aliphatic carbocycles. The Balaban J connectivity index is 1.19. The normalized spacial score (nSPS) is 14.1. The van der Waals surface area contributed by atoms with Gasteiger partial charge in [0.2, 0.25) is 11.8 Å². The summed E-state index contributed by atoms with van der Waals surface area (Å²) in [6, 6.07) is 20.9. The predicted molar refractivity (Wildman–Crippen MR) is 142 cm³/mol. The van der Waals surface area contributed by atoms with Crippen molar-refractivity contribution in [2.45, 2.75) is 25.3 Å². The van der Waals surface area contributed by atoms with Crippen molar-refractivity contribution >= 4 is 34.5 Å². The van der Waals surface area contributed by atoms with Crippen LogP contribution < -0.4 is 10.1 Å². The van der Waals surface area contributed by atoms with E-state index >= 15 is 0 Å². The summed E-state index contributed by atoms with van der Waals surface area (Å²) in [6.07, 6.45) is 0.203. The maximum Gasteiger partial charge on any atom is 0.326 e. The SMILES string of the molecule is O=C(N[C@@H](CCC(=O)N1CCN(C(=O)CCOc2cccc3ccccc23)CC1)C(=O)O)c1ccccc1. The Hall–Kier alpha value is -4.40. The quantitative estimate of drug-likeness (QED) is 0.427. The molecule has 1 aliphatic rings. The van der Waals surface area contributed by atoms with Gasteiger partial charge in [-0.25, -0.2) is 4.79 Å². The molecule has 0 radical (unpaired) electrons. The summed E-state index contributed by atoms with van der Waals surface area (Å²) in [6.45, 7) is 1.83. The van der Waals surface area contributed by atoms with E-state index in [9.17, 15) is 24.3 Å². The number of aliphatic carboxylic acids is 1. The third-order valence-corrected chi connectivity index (χ3v) is 6.59. The number of carbonyl (C=O) groups excluding carboxylic acids is 3. The second-order valence-electron chi connectivity index (χ2n) is 9.11. The fraction of sp³-hybridized carbons (Fsp3) is 0.310. The first-order valence-electron chi connectivity index (χ1n) is 12.7. The number of ether oxygens (including phenoxy) is 1. The molecule has 0 saturated carbocycles. The number of carboxylic acids is 1. The topological polar surface area (TPSA) is 116 Å². The van der Waals surface area contributed by atoms with Crippen molar-refractivity contribution in [3.63, 3.8) is 0 Å². The largest absolute Gasteiger partial charge is 0.492 e. The smallest absolute Gasteiger partial charge is 0.326 e. The van der Waals surface area contributed by atoms with Crippen LogP contribution in [-0.2, 0) is 14.4 Å². The van der Waals surface area contributed by atoms with Crippen molar-refractivity contribution in [3.05, 3.63) is 78.4 Å². The average Bonchev–Trinajstić information content (AvgIpc) is 2.95. The maximum absolute atomic E-state index is 12.7. The Kier molecular flexibility index (Phi) is 8.92. The van der Waals surface area contributed by atoms with Crippen molar-refractivity contribution in [1.82, 2.24) is 15.1 Å². The zero-order valence-electron chi connectivity index (χ0n) is 21.0. The molecule has 3 amide bonds. The lowest BCUT2D eigenvalue weighted by molar-refractivity contribution is -0.141. The molecule has 9 nitrogen and oxygen atoms in total. The lowest BCUT2D eigenvalue weighted by Crippen LogP contribution is -2.51. The molecule has 1 heterocycles. The Labute approximate surface area is 221 Å². The number of nitrogens with one attached hydrogen (secondary N) is 1. The number of fused-ring (bicyclic) bond motifs is 1. The van der Waals surface area contributed by atoms with Crippen molar-refractivity contribution in [3.8, 4) is 5.75 Å². The molecule has 1 aliphatic heterocycles. The molecule has 0 bridgehead atoms. The van der Waals surface area contributed by atoms with Gasteiger partial charge in [0.15, 0.2) is 0 Å². The summed E-state index contributed by atoms with van der Waals surface area (Å²) in [7, 11) is 0. The van der Waals surface area contributed by atoms with Gasteiger partial charge in [0.05, 0.1) is 13.0 Å². The molecule has 2 N–H and O–H groups in total. The summed E-state index contributed by atoms with van der Waals surface area (Å²) >= 11 is 0. The van der Waals surface area contributed by atoms with Crippen LogP contribution >= 0.6 is 0 Å². The van der Waals surface area contributed by atoms with E-state index < -0.39 is 17.9 Å². The molecule has 0 aromatic heterocycles. The van der Waals surface area contributed by atoms with Gasteiger partial charge in [0, 0.05) is 43.5 Å². The number of nitrogens with zero attached hydrogens (tertiary/aromatic N) is 2. The van der Waals surface area contributed by atoms with E-state index in [-0.39, 0.29) is 37.7 Å². The molecule has 3 aromatic carbocycles. The molecule has 1 atom stereocenters. The summed E-state index contributed by atoms with van der Waals surface area (Å²) in [5.41, 5.74) is 0.355. The molecule has 198 valence electrons. The van der Waals surface area contributed by atoms with Crippen LogP contribution in [0.25, 0.3) is 10.8 Å². The molecular formula is C29H31N3O6. The number of benzene rings is 3. The van der Waals surface area contributed by atoms with Crippen molar-refractivity contribution in [2.24, 2.45) is 0 Å². The van der Waals surface area contributed by atoms with Gasteiger partial charge in [-0.1, -0.05) is 54.6 Å². The molecule has 1 saturated heterocycles. The van der Waals surface area contributed by atoms with Crippen LogP contribution in [0.3, 0.4) is 0 Å². The Bertz CT molecular complexity index is 1280. The van der Waals surface area contributed by atoms with Crippen LogP contribution in [0.4, 0.5) is 0 Å². The number of rotatable bonds is 10. The van der Waals surface area contributed by atoms with Crippen LogP contribution in [0.2, 0.25) is 0 Å². The minimum absolute atomic E-state index is 0.0150. The van der Waals surface area contributed by atoms with Crippen LogP contribution in [0, 0.1) is 0 Å². The molecule has 38 heavy (non-hydrogen) atoms. The van der Waals surface area contributed by atoms with Gasteiger partial charge in [0.25, 0.3) is 5.91 Å². The Morgan fingerprint density at radius 3 is 2.08 bits per heavy atom. The average molecular weight is 518 g/mol. The molecule has 0 spiro atoms. The highest BCUT2D eigenvalue weighted by atomic mass is 16.5. The van der Waals surface area contributed by atoms with E-state index in [1.807, 2.05) is 42.5 Å². The van der Waals surface area contributed by atoms with Gasteiger partial charge < -0.3 is 25.0 Å². The molecule has 9 heteroatoms. The first kappa shape index (κ1) is 26.7. The molecule has 3 aromatic rings. The lowest BCUT2D eigenvalue weighted by Gasteiger charge is -2.35. The molecular weight excluding hydrogens is 486 g/mol. The summed E-state index contributed by atoms with van der Waals surface area (Å²) < 4.78 is 5.88. The highest BCUT2D eigenvalue weighted by molar-refractivity contribution is 5.96. The molecule has 0 unspecified atom stereocenters. The number of hydrogen-bond acceptors (Lipinski definition) is 5. The van der Waals surface area contributed by atoms with Crippen LogP contribution in [0.1, 0.15) is 29.6 Å². The van der Waals surface area contributed by atoms with Gasteiger partial charge in [0.1, 0.15) is 11.8 Å². The standard InChI is InChI=1S/C29H31N3O6/c33-26(14-13-24(29(36)37)30-28(35)22-8-2-1-3-9-22)31-16-18-32(19-17-31)27(34)15-20-38-25-12-6-10-21-7-4-5-11-23(21)25/h1-12,24H,13-20H2,(H,30,35)(H,36,37)/t24-/m0/s1. The van der Waals surface area contributed by atoms with E-state index in [4.69, 9.17) is 4.74 Å². The van der Waals surface area contributed by atoms with Crippen LogP contribution in [-0.4, -0.2) is 77.4 Å². The summed E-state index contributed by atoms with van der Waals surface area (Å²) in [5.74, 6) is -1.18. The van der Waals surface area contributed by atoms with Crippen LogP contribution in [0.5, 0.6) is 5.75 Å². The van der Waals surface area contributed by atoms with Gasteiger partial charge in [-0.15, -0.1) is 0 Å². The minimum Gasteiger partial charge on any atom is -0.492 e. The fourth-order valence-corrected chi connectivity index (χ4v) is 4.45. The van der Waals surface area contributed by atoms with Gasteiger partial charge in [-0.3, -0.25) is 14.4 Å². The molecule has 4 rings (SSSR count). The lowest BCUT2D eigenvalue weighted by atomic mass is 10.1. The zero-order valence-corrected chi connectivity index (χ0v) is 21.0. The van der Waals surface area contributed by atoms with E-state index in [2.05, 4.69) is 5.32 Å². The van der Waals surface area contributed by atoms with Gasteiger partial charge >= 0.3 is 5.97 Å². The monoisotopic (exact) mass is 517 g/mol. The third-order valence-electron chi connectivity index (χ3n) is 6.59. The van der Waals surface area contributed by atoms with E-state index in [0.717, 1.165) is 16.5 Å². The summed E-state index contributed by atoms with van der Waals surface area (Å²) in [4.78, 5) is 52.6. The predicted octanol–water partition coefficient (Wildman–Crippen LogP) is 2.94. The second-order valence-corrected chi connectivity index (χ2v) is 9.11. The Morgan fingerprint density at radius 1 is 0.789 bits per heavy atom. The van der Waals surface area contributed by atoms with E-state index in [1.165, 1.54) is 0 Å². The third kappa shape index (κ3) is 6.88. The highest BCUT2D eigenvalue weighted by Crippen LogP contribution is 2.25. The van der Waals surface area contributed by atoms with Gasteiger partial charge in [-0.2, -0.15) is 0 Å². The first-order chi connectivity index (χ1) is 18.4. The molecule has 1 fully saturated rings. The summed E-state index contributed by atoms with van der Waals surface area (Å²) in [5, 5.41) is 14.0. The number of piperazine rings is 1. The van der Waals surface area contributed by atoms with Crippen molar-refractivity contribution in [2.75, 3.05) is 32.8 Å².